The Hall–Kier alpha value is -1.68. The number of aromatic nitrogens is 3. The van der Waals surface area contributed by atoms with Crippen molar-refractivity contribution in [2.24, 2.45) is 0 Å². The van der Waals surface area contributed by atoms with E-state index in [0.29, 0.717) is 6.04 Å². The van der Waals surface area contributed by atoms with Gasteiger partial charge in [-0.1, -0.05) is 12.8 Å². The fraction of sp³-hybridized carbons (Fsp3) is 0.467. The zero-order valence-corrected chi connectivity index (χ0v) is 11.1. The highest BCUT2D eigenvalue weighted by Gasteiger charge is 2.17. The Bertz CT molecular complexity index is 500. The molecule has 1 aliphatic carbocycles. The van der Waals surface area contributed by atoms with Crippen molar-refractivity contribution in [3.8, 4) is 0 Å². The van der Waals surface area contributed by atoms with Gasteiger partial charge in [-0.25, -0.2) is 0 Å². The van der Waals surface area contributed by atoms with E-state index in [9.17, 15) is 0 Å². The molecule has 0 aliphatic heterocycles. The molecule has 4 heteroatoms. The zero-order chi connectivity index (χ0) is 12.9. The van der Waals surface area contributed by atoms with E-state index >= 15 is 0 Å². The molecule has 19 heavy (non-hydrogen) atoms. The van der Waals surface area contributed by atoms with Crippen molar-refractivity contribution in [1.82, 2.24) is 20.1 Å². The summed E-state index contributed by atoms with van der Waals surface area (Å²) in [6.45, 7) is 1.68. The number of rotatable bonds is 5. The number of nitrogens with one attached hydrogen (secondary N) is 1. The Labute approximate surface area is 113 Å². The van der Waals surface area contributed by atoms with Crippen LogP contribution in [-0.4, -0.2) is 14.8 Å². The maximum atomic E-state index is 4.67. The average molecular weight is 256 g/mol. The quantitative estimate of drug-likeness (QED) is 0.894. The summed E-state index contributed by atoms with van der Waals surface area (Å²) in [7, 11) is 0. The Kier molecular flexibility index (Phi) is 3.89. The van der Waals surface area contributed by atoms with Crippen LogP contribution in [0.25, 0.3) is 0 Å². The fourth-order valence-corrected chi connectivity index (χ4v) is 2.68. The maximum absolute atomic E-state index is 4.67. The standard InChI is InChI=1S/C15H20N4/c1-2-4-15(3-1)19-10-7-14(18-19)12-17-11-13-5-8-16-9-6-13/h5-10,15,17H,1-4,11-12H2. The fourth-order valence-electron chi connectivity index (χ4n) is 2.68. The molecule has 3 rings (SSSR count). The van der Waals surface area contributed by atoms with Crippen LogP contribution >= 0.6 is 0 Å². The Balaban J connectivity index is 1.50. The van der Waals surface area contributed by atoms with Crippen LogP contribution in [0, 0.1) is 0 Å². The molecule has 2 aromatic heterocycles. The van der Waals surface area contributed by atoms with Gasteiger partial charge in [0.15, 0.2) is 0 Å². The van der Waals surface area contributed by atoms with E-state index in [1.165, 1.54) is 31.2 Å². The van der Waals surface area contributed by atoms with Crippen molar-refractivity contribution in [2.45, 2.75) is 44.8 Å². The Morgan fingerprint density at radius 3 is 2.68 bits per heavy atom. The molecule has 1 fully saturated rings. The Morgan fingerprint density at radius 2 is 1.89 bits per heavy atom. The summed E-state index contributed by atoms with van der Waals surface area (Å²) in [6.07, 6.45) is 11.0. The first-order valence-electron chi connectivity index (χ1n) is 7.05. The molecule has 0 amide bonds. The molecule has 0 radical (unpaired) electrons. The lowest BCUT2D eigenvalue weighted by atomic mass is 10.2. The van der Waals surface area contributed by atoms with Crippen LogP contribution in [0.15, 0.2) is 36.8 Å². The van der Waals surface area contributed by atoms with Gasteiger partial charge in [0.1, 0.15) is 0 Å². The molecule has 0 atom stereocenters. The van der Waals surface area contributed by atoms with Crippen molar-refractivity contribution in [3.05, 3.63) is 48.0 Å². The summed E-state index contributed by atoms with van der Waals surface area (Å²) < 4.78 is 2.15. The van der Waals surface area contributed by atoms with Crippen LogP contribution in [-0.2, 0) is 13.1 Å². The van der Waals surface area contributed by atoms with E-state index in [4.69, 9.17) is 0 Å². The van der Waals surface area contributed by atoms with Crippen LogP contribution in [0.4, 0.5) is 0 Å². The minimum Gasteiger partial charge on any atom is -0.307 e. The molecular formula is C15H20N4. The van der Waals surface area contributed by atoms with E-state index < -0.39 is 0 Å². The predicted octanol–water partition coefficient (Wildman–Crippen LogP) is 2.68. The monoisotopic (exact) mass is 256 g/mol. The molecule has 0 bridgehead atoms. The van der Waals surface area contributed by atoms with Crippen LogP contribution in [0.5, 0.6) is 0 Å². The van der Waals surface area contributed by atoms with Crippen molar-refractivity contribution >= 4 is 0 Å². The third-order valence-electron chi connectivity index (χ3n) is 3.75. The summed E-state index contributed by atoms with van der Waals surface area (Å²) in [5.74, 6) is 0. The van der Waals surface area contributed by atoms with Gasteiger partial charge in [-0.3, -0.25) is 9.67 Å². The second-order valence-electron chi connectivity index (χ2n) is 5.18. The molecule has 2 aromatic rings. The first-order valence-corrected chi connectivity index (χ1v) is 7.05. The molecule has 0 unspecified atom stereocenters. The minimum absolute atomic E-state index is 0.633. The molecule has 100 valence electrons. The second kappa shape index (κ2) is 5.97. The van der Waals surface area contributed by atoms with Gasteiger partial charge in [0.25, 0.3) is 0 Å². The third-order valence-corrected chi connectivity index (χ3v) is 3.75. The van der Waals surface area contributed by atoms with E-state index in [-0.39, 0.29) is 0 Å². The normalized spacial score (nSPS) is 16.0. The summed E-state index contributed by atoms with van der Waals surface area (Å²) in [6, 6.07) is 6.82. The highest BCUT2D eigenvalue weighted by molar-refractivity contribution is 5.09. The number of pyridine rings is 1. The number of hydrogen-bond acceptors (Lipinski definition) is 3. The van der Waals surface area contributed by atoms with Crippen molar-refractivity contribution in [1.29, 1.82) is 0 Å². The number of hydrogen-bond donors (Lipinski definition) is 1. The van der Waals surface area contributed by atoms with Crippen LogP contribution in [0.3, 0.4) is 0 Å². The van der Waals surface area contributed by atoms with Gasteiger partial charge in [-0.15, -0.1) is 0 Å². The topological polar surface area (TPSA) is 42.7 Å². The van der Waals surface area contributed by atoms with Gasteiger partial charge in [0, 0.05) is 31.7 Å². The van der Waals surface area contributed by atoms with E-state index in [2.05, 4.69) is 32.3 Å². The largest absolute Gasteiger partial charge is 0.307 e. The lowest BCUT2D eigenvalue weighted by Crippen LogP contribution is -2.14. The molecule has 0 spiro atoms. The molecular weight excluding hydrogens is 236 g/mol. The van der Waals surface area contributed by atoms with Gasteiger partial charge in [-0.2, -0.15) is 5.10 Å². The number of nitrogens with zero attached hydrogens (tertiary/aromatic N) is 3. The highest BCUT2D eigenvalue weighted by Crippen LogP contribution is 2.28. The summed E-state index contributed by atoms with van der Waals surface area (Å²) in [5, 5.41) is 8.08. The molecule has 4 nitrogen and oxygen atoms in total. The predicted molar refractivity (Wildman–Crippen MR) is 74.5 cm³/mol. The van der Waals surface area contributed by atoms with Crippen LogP contribution in [0.1, 0.15) is 43.0 Å². The zero-order valence-electron chi connectivity index (χ0n) is 11.1. The third kappa shape index (κ3) is 3.20. The lowest BCUT2D eigenvalue weighted by Gasteiger charge is -2.09. The molecule has 1 N–H and O–H groups in total. The van der Waals surface area contributed by atoms with Gasteiger partial charge < -0.3 is 5.32 Å². The first-order chi connectivity index (χ1) is 9.42. The van der Waals surface area contributed by atoms with E-state index in [0.717, 1.165) is 18.8 Å². The van der Waals surface area contributed by atoms with Crippen molar-refractivity contribution in [3.63, 3.8) is 0 Å². The SMILES string of the molecule is c1cc(CNCc2ccn(C3CCCC3)n2)ccn1. The summed E-state index contributed by atoms with van der Waals surface area (Å²) in [4.78, 5) is 4.02. The van der Waals surface area contributed by atoms with Gasteiger partial charge in [0.05, 0.1) is 11.7 Å². The molecule has 1 saturated carbocycles. The van der Waals surface area contributed by atoms with Crippen LogP contribution in [0.2, 0.25) is 0 Å². The van der Waals surface area contributed by atoms with E-state index in [1.807, 2.05) is 24.5 Å². The summed E-state index contributed by atoms with van der Waals surface area (Å²) in [5.41, 5.74) is 2.38. The maximum Gasteiger partial charge on any atom is 0.0762 e. The Morgan fingerprint density at radius 1 is 1.11 bits per heavy atom. The average Bonchev–Trinajstić information content (AvgIpc) is 3.10. The highest BCUT2D eigenvalue weighted by atomic mass is 15.3. The molecule has 1 aliphatic rings. The second-order valence-corrected chi connectivity index (χ2v) is 5.18. The summed E-state index contributed by atoms with van der Waals surface area (Å²) >= 11 is 0. The molecule has 0 saturated heterocycles. The van der Waals surface area contributed by atoms with Crippen molar-refractivity contribution < 1.29 is 0 Å². The van der Waals surface area contributed by atoms with Gasteiger partial charge in [-0.05, 0) is 36.6 Å². The first kappa shape index (κ1) is 12.4. The minimum atomic E-state index is 0.633. The van der Waals surface area contributed by atoms with Gasteiger partial charge in [0.2, 0.25) is 0 Å². The van der Waals surface area contributed by atoms with Gasteiger partial charge >= 0.3 is 0 Å². The molecule has 0 aromatic carbocycles. The van der Waals surface area contributed by atoms with E-state index in [1.54, 1.807) is 0 Å². The lowest BCUT2D eigenvalue weighted by molar-refractivity contribution is 0.461. The molecule has 2 heterocycles. The van der Waals surface area contributed by atoms with Crippen LogP contribution < -0.4 is 5.32 Å². The smallest absolute Gasteiger partial charge is 0.0762 e. The van der Waals surface area contributed by atoms with Crippen molar-refractivity contribution in [2.75, 3.05) is 0 Å².